The number of nitrogens with zero attached hydrogens (tertiary/aromatic N) is 3. The molecule has 34 heavy (non-hydrogen) atoms. The van der Waals surface area contributed by atoms with Gasteiger partial charge in [0.2, 0.25) is 5.91 Å². The van der Waals surface area contributed by atoms with Gasteiger partial charge in [0.25, 0.3) is 0 Å². The van der Waals surface area contributed by atoms with Crippen LogP contribution >= 0.6 is 11.8 Å². The van der Waals surface area contributed by atoms with Gasteiger partial charge in [-0.15, -0.1) is 10.2 Å². The summed E-state index contributed by atoms with van der Waals surface area (Å²) in [5.41, 5.74) is 4.86. The Morgan fingerprint density at radius 2 is 1.76 bits per heavy atom. The van der Waals surface area contributed by atoms with Crippen molar-refractivity contribution in [3.05, 3.63) is 89.5 Å². The van der Waals surface area contributed by atoms with Crippen LogP contribution in [0, 0.1) is 6.92 Å². The van der Waals surface area contributed by atoms with Crippen LogP contribution in [0.2, 0.25) is 0 Å². The summed E-state index contributed by atoms with van der Waals surface area (Å²) in [7, 11) is 0. The topological polar surface area (TPSA) is 80.0 Å². The van der Waals surface area contributed by atoms with Crippen molar-refractivity contribution in [2.75, 3.05) is 11.1 Å². The number of carbonyl (C=O) groups excluding carboxylic acids is 1. The molecule has 6 nitrogen and oxygen atoms in total. The molecular formula is C27H28N4O2S. The molecular weight excluding hydrogens is 444 g/mol. The molecule has 2 N–H and O–H groups in total. The number of hydrogen-bond donors (Lipinski definition) is 2. The van der Waals surface area contributed by atoms with Gasteiger partial charge >= 0.3 is 0 Å². The van der Waals surface area contributed by atoms with Crippen LogP contribution in [0.25, 0.3) is 11.4 Å². The third-order valence-electron chi connectivity index (χ3n) is 5.67. The molecule has 3 aromatic carbocycles. The number of thioether (sulfide) groups is 1. The van der Waals surface area contributed by atoms with E-state index in [2.05, 4.69) is 34.6 Å². The van der Waals surface area contributed by atoms with Gasteiger partial charge < -0.3 is 15.0 Å². The van der Waals surface area contributed by atoms with Crippen LogP contribution < -0.4 is 5.32 Å². The van der Waals surface area contributed by atoms with Crippen molar-refractivity contribution in [2.24, 2.45) is 0 Å². The van der Waals surface area contributed by atoms with Gasteiger partial charge in [0, 0.05) is 12.2 Å². The summed E-state index contributed by atoms with van der Waals surface area (Å²) in [6.45, 7) is 4.71. The van der Waals surface area contributed by atoms with Crippen LogP contribution in [0.15, 0.2) is 78.0 Å². The third kappa shape index (κ3) is 5.48. The number of carbonyl (C=O) groups is 1. The van der Waals surface area contributed by atoms with Crippen LogP contribution in [-0.2, 0) is 24.2 Å². The fraction of sp³-hybridized carbons (Fsp3) is 0.222. The first kappa shape index (κ1) is 23.6. The first-order valence-corrected chi connectivity index (χ1v) is 12.3. The van der Waals surface area contributed by atoms with E-state index in [0.717, 1.165) is 29.7 Å². The molecule has 0 aliphatic carbocycles. The van der Waals surface area contributed by atoms with E-state index in [1.807, 2.05) is 60.0 Å². The molecule has 1 heterocycles. The largest absolute Gasteiger partial charge is 0.507 e. The van der Waals surface area contributed by atoms with E-state index in [9.17, 15) is 9.90 Å². The number of phenolic OH excluding ortho intramolecular Hbond substituents is 1. The van der Waals surface area contributed by atoms with Crippen LogP contribution in [-0.4, -0.2) is 31.5 Å². The Morgan fingerprint density at radius 1 is 1.00 bits per heavy atom. The fourth-order valence-corrected chi connectivity index (χ4v) is 4.62. The Kier molecular flexibility index (Phi) is 7.65. The summed E-state index contributed by atoms with van der Waals surface area (Å²) in [5, 5.41) is 22.8. The Bertz CT molecular complexity index is 1270. The molecule has 0 spiro atoms. The smallest absolute Gasteiger partial charge is 0.234 e. The van der Waals surface area contributed by atoms with Crippen molar-refractivity contribution in [3.63, 3.8) is 0 Å². The van der Waals surface area contributed by atoms with E-state index < -0.39 is 0 Å². The molecule has 0 unspecified atom stereocenters. The van der Waals surface area contributed by atoms with E-state index in [1.165, 1.54) is 17.3 Å². The van der Waals surface area contributed by atoms with Crippen molar-refractivity contribution < 1.29 is 9.90 Å². The lowest BCUT2D eigenvalue weighted by Gasteiger charge is -2.13. The normalized spacial score (nSPS) is 10.9. The van der Waals surface area contributed by atoms with Gasteiger partial charge in [0.05, 0.1) is 11.3 Å². The van der Waals surface area contributed by atoms with E-state index in [4.69, 9.17) is 0 Å². The minimum atomic E-state index is -0.0873. The molecule has 0 atom stereocenters. The first-order valence-electron chi connectivity index (χ1n) is 11.3. The number of benzene rings is 3. The predicted molar refractivity (Wildman–Crippen MR) is 137 cm³/mol. The SMILES string of the molecule is CCc1cccc(C)c1NC(=O)CSc1nnc(-c2ccccc2O)n1CCc1ccccc1. The minimum Gasteiger partial charge on any atom is -0.507 e. The number of para-hydroxylation sites is 2. The molecule has 174 valence electrons. The van der Waals surface area contributed by atoms with Gasteiger partial charge in [-0.25, -0.2) is 0 Å². The van der Waals surface area contributed by atoms with Gasteiger partial charge in [-0.3, -0.25) is 4.79 Å². The number of rotatable bonds is 9. The molecule has 7 heteroatoms. The summed E-state index contributed by atoms with van der Waals surface area (Å²) in [4.78, 5) is 12.8. The van der Waals surface area contributed by atoms with Gasteiger partial charge in [-0.2, -0.15) is 0 Å². The highest BCUT2D eigenvalue weighted by Crippen LogP contribution is 2.30. The molecule has 4 rings (SSSR count). The van der Waals surface area contributed by atoms with Crippen molar-refractivity contribution in [3.8, 4) is 17.1 Å². The van der Waals surface area contributed by atoms with Crippen LogP contribution in [0.4, 0.5) is 5.69 Å². The molecule has 0 saturated carbocycles. The summed E-state index contributed by atoms with van der Waals surface area (Å²) < 4.78 is 1.98. The lowest BCUT2D eigenvalue weighted by Crippen LogP contribution is -2.17. The van der Waals surface area contributed by atoms with Crippen LogP contribution in [0.3, 0.4) is 0 Å². The maximum Gasteiger partial charge on any atom is 0.234 e. The fourth-order valence-electron chi connectivity index (χ4n) is 3.85. The maximum absolute atomic E-state index is 12.8. The molecule has 1 amide bonds. The van der Waals surface area contributed by atoms with E-state index >= 15 is 0 Å². The van der Waals surface area contributed by atoms with Crippen molar-refractivity contribution >= 4 is 23.4 Å². The van der Waals surface area contributed by atoms with Gasteiger partial charge in [-0.1, -0.05) is 79.3 Å². The molecule has 4 aromatic rings. The van der Waals surface area contributed by atoms with Gasteiger partial charge in [-0.05, 0) is 48.6 Å². The summed E-state index contributed by atoms with van der Waals surface area (Å²) in [6.07, 6.45) is 1.63. The summed E-state index contributed by atoms with van der Waals surface area (Å²) >= 11 is 1.35. The van der Waals surface area contributed by atoms with Crippen LogP contribution in [0.5, 0.6) is 5.75 Å². The molecule has 0 fully saturated rings. The summed E-state index contributed by atoms with van der Waals surface area (Å²) in [6, 6.07) is 23.3. The first-order chi connectivity index (χ1) is 16.6. The minimum absolute atomic E-state index is 0.0873. The predicted octanol–water partition coefficient (Wildman–Crippen LogP) is 5.50. The maximum atomic E-state index is 12.8. The van der Waals surface area contributed by atoms with E-state index in [-0.39, 0.29) is 17.4 Å². The average Bonchev–Trinajstić information content (AvgIpc) is 3.26. The lowest BCUT2D eigenvalue weighted by molar-refractivity contribution is -0.113. The zero-order valence-electron chi connectivity index (χ0n) is 19.4. The zero-order valence-corrected chi connectivity index (χ0v) is 20.2. The standard InChI is InChI=1S/C27H28N4O2S/c1-3-21-13-9-10-19(2)25(21)28-24(33)18-34-27-30-29-26(22-14-7-8-15-23(22)32)31(27)17-16-20-11-5-4-6-12-20/h4-15,32H,3,16-18H2,1-2H3,(H,28,33). The molecule has 0 aliphatic heterocycles. The number of hydrogen-bond acceptors (Lipinski definition) is 5. The Balaban J connectivity index is 1.54. The number of aromatic nitrogens is 3. The second-order valence-corrected chi connectivity index (χ2v) is 8.95. The Hall–Kier alpha value is -3.58. The third-order valence-corrected chi connectivity index (χ3v) is 6.63. The second-order valence-electron chi connectivity index (χ2n) is 8.01. The highest BCUT2D eigenvalue weighted by Gasteiger charge is 2.18. The second kappa shape index (κ2) is 11.0. The van der Waals surface area contributed by atoms with Gasteiger partial charge in [0.15, 0.2) is 11.0 Å². The zero-order chi connectivity index (χ0) is 23.9. The Labute approximate surface area is 204 Å². The number of anilines is 1. The lowest BCUT2D eigenvalue weighted by atomic mass is 10.1. The summed E-state index contributed by atoms with van der Waals surface area (Å²) in [5.74, 6) is 0.860. The van der Waals surface area contributed by atoms with Gasteiger partial charge in [0.1, 0.15) is 5.75 Å². The molecule has 0 bridgehead atoms. The number of aryl methyl sites for hydroxylation is 3. The molecule has 0 aliphatic rings. The van der Waals surface area contributed by atoms with Crippen LogP contribution in [0.1, 0.15) is 23.6 Å². The van der Waals surface area contributed by atoms with E-state index in [0.29, 0.717) is 23.1 Å². The van der Waals surface area contributed by atoms with E-state index in [1.54, 1.807) is 12.1 Å². The number of aromatic hydroxyl groups is 1. The quantitative estimate of drug-likeness (QED) is 0.315. The molecule has 0 saturated heterocycles. The highest BCUT2D eigenvalue weighted by molar-refractivity contribution is 7.99. The van der Waals surface area contributed by atoms with Crippen molar-refractivity contribution in [2.45, 2.75) is 38.4 Å². The average molecular weight is 473 g/mol. The number of nitrogens with one attached hydrogen (secondary N) is 1. The monoisotopic (exact) mass is 472 g/mol. The molecule has 1 aromatic heterocycles. The Morgan fingerprint density at radius 3 is 2.53 bits per heavy atom. The van der Waals surface area contributed by atoms with Crippen molar-refractivity contribution in [1.29, 1.82) is 0 Å². The highest BCUT2D eigenvalue weighted by atomic mass is 32.2. The van der Waals surface area contributed by atoms with Crippen molar-refractivity contribution in [1.82, 2.24) is 14.8 Å². The number of phenols is 1. The molecule has 0 radical (unpaired) electrons. The number of amides is 1.